The second-order valence-corrected chi connectivity index (χ2v) is 8.09. The monoisotopic (exact) mass is 292 g/mol. The first kappa shape index (κ1) is 16.9. The summed E-state index contributed by atoms with van der Waals surface area (Å²) in [6.07, 6.45) is 2.62. The summed E-state index contributed by atoms with van der Waals surface area (Å²) >= 11 is 0. The van der Waals surface area contributed by atoms with Crippen LogP contribution >= 0.6 is 0 Å². The van der Waals surface area contributed by atoms with E-state index in [2.05, 4.69) is 9.62 Å². The number of piperidine rings is 1. The van der Waals surface area contributed by atoms with E-state index in [0.717, 1.165) is 32.4 Å². The van der Waals surface area contributed by atoms with Crippen LogP contribution in [0.4, 0.5) is 0 Å². The van der Waals surface area contributed by atoms with Crippen molar-refractivity contribution in [3.63, 3.8) is 0 Å². The zero-order valence-electron chi connectivity index (χ0n) is 12.3. The van der Waals surface area contributed by atoms with Crippen LogP contribution in [0.5, 0.6) is 0 Å². The summed E-state index contributed by atoms with van der Waals surface area (Å²) < 4.78 is 26.1. The number of sulfonamides is 1. The summed E-state index contributed by atoms with van der Waals surface area (Å²) in [5.74, 6) is 0.353. The van der Waals surface area contributed by atoms with Crippen molar-refractivity contribution in [1.29, 1.82) is 0 Å². The van der Waals surface area contributed by atoms with Gasteiger partial charge < -0.3 is 10.0 Å². The van der Waals surface area contributed by atoms with Crippen molar-refractivity contribution in [3.05, 3.63) is 0 Å². The van der Waals surface area contributed by atoms with E-state index >= 15 is 0 Å². The maximum atomic E-state index is 11.7. The maximum absolute atomic E-state index is 11.7. The summed E-state index contributed by atoms with van der Waals surface area (Å²) in [6, 6.07) is 0. The molecule has 0 aliphatic carbocycles. The van der Waals surface area contributed by atoms with Crippen LogP contribution in [0.25, 0.3) is 0 Å². The summed E-state index contributed by atoms with van der Waals surface area (Å²) in [6.45, 7) is 8.44. The van der Waals surface area contributed by atoms with Gasteiger partial charge in [0.1, 0.15) is 0 Å². The molecule has 1 rings (SSSR count). The lowest BCUT2D eigenvalue weighted by Crippen LogP contribution is -2.44. The largest absolute Gasteiger partial charge is 0.392 e. The fourth-order valence-corrected chi connectivity index (χ4v) is 3.11. The Morgan fingerprint density at radius 1 is 1.42 bits per heavy atom. The SMILES string of the molecule is CC[C@H](O)CN1CCC[C@H](CNS(=O)(=O)C(C)C)C1. The molecule has 6 heteroatoms. The Kier molecular flexibility index (Phi) is 6.73. The number of rotatable bonds is 7. The van der Waals surface area contributed by atoms with Crippen molar-refractivity contribution < 1.29 is 13.5 Å². The average molecular weight is 292 g/mol. The predicted octanol–water partition coefficient (Wildman–Crippen LogP) is 0.797. The van der Waals surface area contributed by atoms with Gasteiger partial charge in [0, 0.05) is 19.6 Å². The van der Waals surface area contributed by atoms with Gasteiger partial charge in [-0.25, -0.2) is 13.1 Å². The summed E-state index contributed by atoms with van der Waals surface area (Å²) in [7, 11) is -3.16. The van der Waals surface area contributed by atoms with Gasteiger partial charge in [0.2, 0.25) is 10.0 Å². The topological polar surface area (TPSA) is 69.6 Å². The molecule has 1 saturated heterocycles. The maximum Gasteiger partial charge on any atom is 0.213 e. The first-order valence-corrected chi connectivity index (χ1v) is 8.78. The lowest BCUT2D eigenvalue weighted by molar-refractivity contribution is 0.0829. The predicted molar refractivity (Wildman–Crippen MR) is 77.5 cm³/mol. The third-order valence-electron chi connectivity index (χ3n) is 3.74. The van der Waals surface area contributed by atoms with Gasteiger partial charge in [0.15, 0.2) is 0 Å². The van der Waals surface area contributed by atoms with E-state index in [-0.39, 0.29) is 11.4 Å². The molecule has 114 valence electrons. The van der Waals surface area contributed by atoms with Gasteiger partial charge in [-0.2, -0.15) is 0 Å². The highest BCUT2D eigenvalue weighted by molar-refractivity contribution is 7.90. The molecule has 5 nitrogen and oxygen atoms in total. The Hall–Kier alpha value is -0.170. The van der Waals surface area contributed by atoms with Gasteiger partial charge in [-0.1, -0.05) is 6.92 Å². The highest BCUT2D eigenvalue weighted by atomic mass is 32.2. The molecule has 1 aliphatic rings. The minimum Gasteiger partial charge on any atom is -0.392 e. The molecule has 0 aromatic heterocycles. The third kappa shape index (κ3) is 5.77. The molecule has 0 aromatic carbocycles. The smallest absolute Gasteiger partial charge is 0.213 e. The lowest BCUT2D eigenvalue weighted by Gasteiger charge is -2.34. The second-order valence-electron chi connectivity index (χ2n) is 5.77. The van der Waals surface area contributed by atoms with Crippen molar-refractivity contribution in [2.24, 2.45) is 5.92 Å². The Morgan fingerprint density at radius 3 is 2.68 bits per heavy atom. The molecule has 0 bridgehead atoms. The molecular weight excluding hydrogens is 264 g/mol. The number of likely N-dealkylation sites (tertiary alicyclic amines) is 1. The molecule has 2 atom stereocenters. The molecule has 1 aliphatic heterocycles. The second kappa shape index (κ2) is 7.57. The molecule has 0 radical (unpaired) electrons. The average Bonchev–Trinajstić information content (AvgIpc) is 2.36. The Morgan fingerprint density at radius 2 is 2.11 bits per heavy atom. The van der Waals surface area contributed by atoms with Crippen molar-refractivity contribution in [1.82, 2.24) is 9.62 Å². The van der Waals surface area contributed by atoms with Gasteiger partial charge >= 0.3 is 0 Å². The van der Waals surface area contributed by atoms with Gasteiger partial charge in [0.25, 0.3) is 0 Å². The van der Waals surface area contributed by atoms with Crippen LogP contribution in [0.15, 0.2) is 0 Å². The molecule has 0 unspecified atom stereocenters. The third-order valence-corrected chi connectivity index (χ3v) is 5.55. The molecule has 2 N–H and O–H groups in total. The van der Waals surface area contributed by atoms with Crippen molar-refractivity contribution in [2.75, 3.05) is 26.2 Å². The summed E-state index contributed by atoms with van der Waals surface area (Å²) in [5.41, 5.74) is 0. The van der Waals surface area contributed by atoms with Crippen LogP contribution in [0.3, 0.4) is 0 Å². The van der Waals surface area contributed by atoms with E-state index < -0.39 is 10.0 Å². The van der Waals surface area contributed by atoms with E-state index in [1.807, 2.05) is 6.92 Å². The van der Waals surface area contributed by atoms with Crippen LogP contribution in [-0.4, -0.2) is 56.0 Å². The minimum atomic E-state index is -3.16. The zero-order valence-corrected chi connectivity index (χ0v) is 13.1. The van der Waals surface area contributed by atoms with E-state index in [1.165, 1.54) is 0 Å². The van der Waals surface area contributed by atoms with Crippen LogP contribution in [0.2, 0.25) is 0 Å². The number of nitrogens with zero attached hydrogens (tertiary/aromatic N) is 1. The number of β-amino-alcohol motifs (C(OH)–C–C–N with tert-alkyl or cyclic N) is 1. The molecule has 0 spiro atoms. The molecule has 19 heavy (non-hydrogen) atoms. The van der Waals surface area contributed by atoms with Crippen molar-refractivity contribution >= 4 is 10.0 Å². The number of nitrogens with one attached hydrogen (secondary N) is 1. The summed E-state index contributed by atoms with van der Waals surface area (Å²) in [5, 5.41) is 9.29. The quantitative estimate of drug-likeness (QED) is 0.728. The molecule has 0 saturated carbocycles. The summed E-state index contributed by atoms with van der Waals surface area (Å²) in [4.78, 5) is 2.24. The lowest BCUT2D eigenvalue weighted by atomic mass is 9.98. The molecule has 0 amide bonds. The van der Waals surface area contributed by atoms with Crippen LogP contribution < -0.4 is 4.72 Å². The number of hydrogen-bond donors (Lipinski definition) is 2. The fourth-order valence-electron chi connectivity index (χ4n) is 2.31. The van der Waals surface area contributed by atoms with Gasteiger partial charge in [-0.05, 0) is 45.6 Å². The number of aliphatic hydroxyl groups excluding tert-OH is 1. The highest BCUT2D eigenvalue weighted by Gasteiger charge is 2.23. The molecule has 1 fully saturated rings. The van der Waals surface area contributed by atoms with Crippen LogP contribution in [0, 0.1) is 5.92 Å². The number of aliphatic hydroxyl groups is 1. The van der Waals surface area contributed by atoms with Gasteiger partial charge in [-0.15, -0.1) is 0 Å². The Balaban J connectivity index is 2.39. The first-order valence-electron chi connectivity index (χ1n) is 7.24. The van der Waals surface area contributed by atoms with Gasteiger partial charge in [-0.3, -0.25) is 0 Å². The first-order chi connectivity index (χ1) is 8.85. The molecule has 0 aromatic rings. The van der Waals surface area contributed by atoms with E-state index in [1.54, 1.807) is 13.8 Å². The molecule has 1 heterocycles. The van der Waals surface area contributed by atoms with Gasteiger partial charge in [0.05, 0.1) is 11.4 Å². The zero-order chi connectivity index (χ0) is 14.5. The van der Waals surface area contributed by atoms with Crippen LogP contribution in [0.1, 0.15) is 40.0 Å². The van der Waals surface area contributed by atoms with E-state index in [0.29, 0.717) is 19.0 Å². The normalized spacial score (nSPS) is 23.7. The Labute approximate surface area is 117 Å². The number of hydrogen-bond acceptors (Lipinski definition) is 4. The van der Waals surface area contributed by atoms with E-state index in [4.69, 9.17) is 0 Å². The minimum absolute atomic E-state index is 0.272. The van der Waals surface area contributed by atoms with Crippen molar-refractivity contribution in [2.45, 2.75) is 51.4 Å². The van der Waals surface area contributed by atoms with Crippen LogP contribution in [-0.2, 0) is 10.0 Å². The highest BCUT2D eigenvalue weighted by Crippen LogP contribution is 2.16. The van der Waals surface area contributed by atoms with E-state index in [9.17, 15) is 13.5 Å². The fraction of sp³-hybridized carbons (Fsp3) is 1.00. The Bertz CT molecular complexity index is 357. The van der Waals surface area contributed by atoms with Crippen molar-refractivity contribution in [3.8, 4) is 0 Å². The molecular formula is C13H28N2O3S. The standard InChI is InChI=1S/C13H28N2O3S/c1-4-13(16)10-15-7-5-6-12(9-15)8-14-19(17,18)11(2)3/h11-14,16H,4-10H2,1-3H3/t12-,13+/m1/s1.